The molecule has 0 spiro atoms. The second-order valence-electron chi connectivity index (χ2n) is 7.97. The van der Waals surface area contributed by atoms with E-state index in [0.717, 1.165) is 23.6 Å². The molecule has 5 nitrogen and oxygen atoms in total. The van der Waals surface area contributed by atoms with Crippen molar-refractivity contribution in [2.45, 2.75) is 38.4 Å². The molecule has 9 heteroatoms. The van der Waals surface area contributed by atoms with E-state index in [4.69, 9.17) is 4.74 Å². The molecule has 1 aliphatic rings. The first-order valence-corrected chi connectivity index (χ1v) is 12.2. The molecule has 2 aromatic carbocycles. The van der Waals surface area contributed by atoms with Gasteiger partial charge in [-0.05, 0) is 84.8 Å². The van der Waals surface area contributed by atoms with Gasteiger partial charge in [-0.2, -0.15) is 13.2 Å². The van der Waals surface area contributed by atoms with Gasteiger partial charge in [-0.15, -0.1) is 0 Å². The summed E-state index contributed by atoms with van der Waals surface area (Å²) in [7, 11) is -4.67. The maximum Gasteiger partial charge on any atom is 0.404 e. The van der Waals surface area contributed by atoms with Crippen LogP contribution in [0.25, 0.3) is 0 Å². The predicted molar refractivity (Wildman–Crippen MR) is 120 cm³/mol. The molecule has 3 aromatic rings. The van der Waals surface area contributed by atoms with E-state index in [9.17, 15) is 21.6 Å². The van der Waals surface area contributed by atoms with Gasteiger partial charge in [0.25, 0.3) is 0 Å². The number of ether oxygens (including phenoxy) is 1. The molecule has 0 aliphatic heterocycles. The standard InChI is InChI=1S/C24H23F3N2O3S/c25-24(26,27)17-33(30,31)29(16-18-4-3-13-28-15-18)21-8-11-22(12-9-21)32-23-10-7-19-5-1-2-6-20(19)14-23/h3-4,7-15H,1-2,5-6,16-17H2. The maximum atomic E-state index is 13.0. The zero-order valence-corrected chi connectivity index (χ0v) is 18.6. The second-order valence-corrected chi connectivity index (χ2v) is 9.87. The van der Waals surface area contributed by atoms with E-state index in [1.807, 2.05) is 12.1 Å². The zero-order valence-electron chi connectivity index (χ0n) is 17.8. The molecule has 0 N–H and O–H groups in total. The molecule has 174 valence electrons. The topological polar surface area (TPSA) is 59.5 Å². The Bertz CT molecular complexity index is 1200. The lowest BCUT2D eigenvalue weighted by molar-refractivity contribution is -0.106. The number of aromatic nitrogens is 1. The Balaban J connectivity index is 1.57. The van der Waals surface area contributed by atoms with E-state index in [-0.39, 0.29) is 12.2 Å². The van der Waals surface area contributed by atoms with Crippen molar-refractivity contribution in [1.82, 2.24) is 4.98 Å². The number of sulfonamides is 1. The minimum Gasteiger partial charge on any atom is -0.457 e. The summed E-state index contributed by atoms with van der Waals surface area (Å²) in [4.78, 5) is 3.92. The largest absolute Gasteiger partial charge is 0.457 e. The highest BCUT2D eigenvalue weighted by Crippen LogP contribution is 2.31. The number of fused-ring (bicyclic) bond motifs is 1. The number of alkyl halides is 3. The number of nitrogens with zero attached hydrogens (tertiary/aromatic N) is 2. The summed E-state index contributed by atoms with van der Waals surface area (Å²) >= 11 is 0. The van der Waals surface area contributed by atoms with Gasteiger partial charge in [-0.25, -0.2) is 8.42 Å². The van der Waals surface area contributed by atoms with Gasteiger partial charge in [0.2, 0.25) is 10.0 Å². The first-order valence-electron chi connectivity index (χ1n) is 10.6. The lowest BCUT2D eigenvalue weighted by Gasteiger charge is -2.25. The number of benzene rings is 2. The lowest BCUT2D eigenvalue weighted by atomic mass is 9.92. The van der Waals surface area contributed by atoms with Crippen LogP contribution in [-0.4, -0.2) is 25.3 Å². The van der Waals surface area contributed by atoms with Crippen LogP contribution < -0.4 is 9.04 Å². The van der Waals surface area contributed by atoms with Crippen molar-refractivity contribution in [3.8, 4) is 11.5 Å². The Morgan fingerprint density at radius 1 is 0.939 bits per heavy atom. The highest BCUT2D eigenvalue weighted by Gasteiger charge is 2.38. The minimum atomic E-state index is -4.86. The van der Waals surface area contributed by atoms with Crippen molar-refractivity contribution in [3.63, 3.8) is 0 Å². The molecule has 0 saturated carbocycles. The fraction of sp³-hybridized carbons (Fsp3) is 0.292. The summed E-state index contributed by atoms with van der Waals surface area (Å²) in [5.41, 5.74) is 3.17. The van der Waals surface area contributed by atoms with Gasteiger partial charge in [0.1, 0.15) is 11.5 Å². The number of pyridine rings is 1. The lowest BCUT2D eigenvalue weighted by Crippen LogP contribution is -2.37. The molecule has 1 heterocycles. The molecule has 33 heavy (non-hydrogen) atoms. The number of halogens is 3. The summed E-state index contributed by atoms with van der Waals surface area (Å²) in [5.74, 6) is -0.822. The van der Waals surface area contributed by atoms with Crippen LogP contribution in [0.2, 0.25) is 0 Å². The molecule has 1 aliphatic carbocycles. The second kappa shape index (κ2) is 9.43. The van der Waals surface area contributed by atoms with Gasteiger partial charge in [0, 0.05) is 12.4 Å². The van der Waals surface area contributed by atoms with Gasteiger partial charge in [-0.3, -0.25) is 9.29 Å². The average Bonchev–Trinajstić information content (AvgIpc) is 2.77. The Morgan fingerprint density at radius 2 is 1.64 bits per heavy atom. The molecule has 4 rings (SSSR count). The summed E-state index contributed by atoms with van der Waals surface area (Å²) in [6.07, 6.45) is 2.46. The van der Waals surface area contributed by atoms with Crippen LogP contribution >= 0.6 is 0 Å². The number of anilines is 1. The zero-order chi connectivity index (χ0) is 23.5. The number of aryl methyl sites for hydroxylation is 2. The van der Waals surface area contributed by atoms with Crippen LogP contribution in [0.3, 0.4) is 0 Å². The van der Waals surface area contributed by atoms with Gasteiger partial charge < -0.3 is 4.74 Å². The smallest absolute Gasteiger partial charge is 0.404 e. The molecular weight excluding hydrogens is 453 g/mol. The van der Waals surface area contributed by atoms with Crippen molar-refractivity contribution in [2.24, 2.45) is 0 Å². The Labute approximate surface area is 190 Å². The van der Waals surface area contributed by atoms with Gasteiger partial charge >= 0.3 is 6.18 Å². The number of rotatable bonds is 7. The maximum absolute atomic E-state index is 13.0. The highest BCUT2D eigenvalue weighted by molar-refractivity contribution is 7.92. The van der Waals surface area contributed by atoms with E-state index in [1.54, 1.807) is 24.3 Å². The monoisotopic (exact) mass is 476 g/mol. The Kier molecular flexibility index (Phi) is 6.60. The Hall–Kier alpha value is -3.07. The van der Waals surface area contributed by atoms with Crippen molar-refractivity contribution in [1.29, 1.82) is 0 Å². The predicted octanol–water partition coefficient (Wildman–Crippen LogP) is 5.65. The molecule has 1 aromatic heterocycles. The van der Waals surface area contributed by atoms with Gasteiger partial charge in [-0.1, -0.05) is 12.1 Å². The van der Waals surface area contributed by atoms with E-state index < -0.39 is 22.0 Å². The molecule has 0 radical (unpaired) electrons. The molecular formula is C24H23F3N2O3S. The van der Waals surface area contributed by atoms with Crippen LogP contribution in [0.15, 0.2) is 67.0 Å². The summed E-state index contributed by atoms with van der Waals surface area (Å²) in [6, 6.07) is 15.1. The van der Waals surface area contributed by atoms with Crippen LogP contribution in [0.4, 0.5) is 18.9 Å². The van der Waals surface area contributed by atoms with Crippen LogP contribution in [0, 0.1) is 0 Å². The third-order valence-electron chi connectivity index (χ3n) is 5.41. The van der Waals surface area contributed by atoms with Crippen LogP contribution in [-0.2, 0) is 29.4 Å². The third-order valence-corrected chi connectivity index (χ3v) is 7.11. The van der Waals surface area contributed by atoms with Crippen molar-refractivity contribution < 1.29 is 26.3 Å². The number of hydrogen-bond acceptors (Lipinski definition) is 4. The molecule has 0 bridgehead atoms. The first-order chi connectivity index (χ1) is 15.7. The van der Waals surface area contributed by atoms with E-state index in [1.165, 1.54) is 42.1 Å². The van der Waals surface area contributed by atoms with Crippen molar-refractivity contribution in [3.05, 3.63) is 83.7 Å². The van der Waals surface area contributed by atoms with Crippen LogP contribution in [0.5, 0.6) is 11.5 Å². The van der Waals surface area contributed by atoms with Gasteiger partial charge in [0.15, 0.2) is 5.75 Å². The van der Waals surface area contributed by atoms with E-state index >= 15 is 0 Å². The molecule has 0 fully saturated rings. The highest BCUT2D eigenvalue weighted by atomic mass is 32.2. The quantitative estimate of drug-likeness (QED) is 0.442. The van der Waals surface area contributed by atoms with Gasteiger partial charge in [0.05, 0.1) is 12.2 Å². The fourth-order valence-corrected chi connectivity index (χ4v) is 5.24. The average molecular weight is 477 g/mol. The minimum absolute atomic E-state index is 0.112. The molecule has 0 amide bonds. The molecule has 0 atom stereocenters. The summed E-state index contributed by atoms with van der Waals surface area (Å²) < 4.78 is 70.8. The molecule has 0 unspecified atom stereocenters. The number of hydrogen-bond donors (Lipinski definition) is 0. The third kappa shape index (κ3) is 6.04. The van der Waals surface area contributed by atoms with E-state index in [0.29, 0.717) is 17.1 Å². The van der Waals surface area contributed by atoms with E-state index in [2.05, 4.69) is 11.1 Å². The first kappa shape index (κ1) is 23.1. The molecule has 0 saturated heterocycles. The SMILES string of the molecule is O=S(=O)(CC(F)(F)F)N(Cc1cccnc1)c1ccc(Oc2ccc3c(c2)CCCC3)cc1. The fourth-order valence-electron chi connectivity index (χ4n) is 3.88. The summed E-state index contributed by atoms with van der Waals surface area (Å²) in [6.45, 7) is -0.267. The Morgan fingerprint density at radius 3 is 2.30 bits per heavy atom. The normalized spacial score (nSPS) is 13.9. The van der Waals surface area contributed by atoms with Crippen molar-refractivity contribution >= 4 is 15.7 Å². The van der Waals surface area contributed by atoms with Crippen molar-refractivity contribution in [2.75, 3.05) is 10.1 Å². The van der Waals surface area contributed by atoms with Crippen LogP contribution in [0.1, 0.15) is 29.5 Å². The summed E-state index contributed by atoms with van der Waals surface area (Å²) in [5, 5.41) is 0.